The number of methoxy groups -OCH3 is 2. The highest BCUT2D eigenvalue weighted by Crippen LogP contribution is 2.31. The lowest BCUT2D eigenvalue weighted by atomic mass is 10.1. The van der Waals surface area contributed by atoms with E-state index in [0.717, 1.165) is 21.8 Å². The fourth-order valence-electron chi connectivity index (χ4n) is 3.03. The molecule has 0 bridgehead atoms. The molecule has 0 aliphatic rings. The number of aromatic nitrogens is 1. The van der Waals surface area contributed by atoms with Gasteiger partial charge in [-0.25, -0.2) is 4.98 Å². The molecule has 0 spiro atoms. The molecular formula is C24H19ClN2O3S. The molecule has 0 unspecified atom stereocenters. The summed E-state index contributed by atoms with van der Waals surface area (Å²) in [5.41, 5.74) is 3.88. The van der Waals surface area contributed by atoms with E-state index >= 15 is 0 Å². The highest BCUT2D eigenvalue weighted by molar-refractivity contribution is 7.13. The van der Waals surface area contributed by atoms with Crippen LogP contribution in [0.3, 0.4) is 0 Å². The molecule has 0 atom stereocenters. The van der Waals surface area contributed by atoms with Crippen LogP contribution >= 0.6 is 22.9 Å². The second kappa shape index (κ2) is 9.20. The summed E-state index contributed by atoms with van der Waals surface area (Å²) in [6.07, 6.45) is 0. The maximum atomic E-state index is 12.8. The third-order valence-corrected chi connectivity index (χ3v) is 5.77. The van der Waals surface area contributed by atoms with E-state index in [1.54, 1.807) is 43.8 Å². The van der Waals surface area contributed by atoms with Crippen LogP contribution in [0.25, 0.3) is 21.8 Å². The fraction of sp³-hybridized carbons (Fsp3) is 0.0833. The van der Waals surface area contributed by atoms with Crippen molar-refractivity contribution in [2.75, 3.05) is 19.5 Å². The van der Waals surface area contributed by atoms with Gasteiger partial charge in [-0.2, -0.15) is 0 Å². The number of halogens is 1. The Bertz CT molecular complexity index is 1200. The third kappa shape index (κ3) is 4.87. The number of benzene rings is 3. The van der Waals surface area contributed by atoms with Gasteiger partial charge in [0.15, 0.2) is 0 Å². The van der Waals surface area contributed by atoms with E-state index in [4.69, 9.17) is 26.1 Å². The minimum absolute atomic E-state index is 0.255. The second-order valence-corrected chi connectivity index (χ2v) is 7.98. The average Bonchev–Trinajstić information content (AvgIpc) is 3.29. The minimum atomic E-state index is -0.255. The molecular weight excluding hydrogens is 432 g/mol. The van der Waals surface area contributed by atoms with Crippen molar-refractivity contribution < 1.29 is 14.3 Å². The van der Waals surface area contributed by atoms with Gasteiger partial charge in [-0.1, -0.05) is 35.9 Å². The van der Waals surface area contributed by atoms with Gasteiger partial charge in [0, 0.05) is 38.8 Å². The largest absolute Gasteiger partial charge is 0.497 e. The Labute approximate surface area is 189 Å². The number of carbonyl (C=O) groups excluding carboxylic acids is 1. The van der Waals surface area contributed by atoms with Crippen LogP contribution in [0.15, 0.2) is 72.1 Å². The van der Waals surface area contributed by atoms with Crippen LogP contribution in [-0.4, -0.2) is 25.1 Å². The van der Waals surface area contributed by atoms with E-state index in [2.05, 4.69) is 5.32 Å². The fourth-order valence-corrected chi connectivity index (χ4v) is 3.99. The molecule has 0 saturated carbocycles. The normalized spacial score (nSPS) is 10.5. The van der Waals surface area contributed by atoms with Crippen LogP contribution in [-0.2, 0) is 0 Å². The van der Waals surface area contributed by atoms with Crippen molar-refractivity contribution in [3.8, 4) is 33.3 Å². The number of amides is 1. The van der Waals surface area contributed by atoms with Crippen molar-refractivity contribution in [3.05, 3.63) is 82.7 Å². The first-order valence-electron chi connectivity index (χ1n) is 9.42. The third-order valence-electron chi connectivity index (χ3n) is 4.63. The molecule has 7 heteroatoms. The summed E-state index contributed by atoms with van der Waals surface area (Å²) in [5, 5.41) is 6.52. The van der Waals surface area contributed by atoms with Crippen molar-refractivity contribution in [1.29, 1.82) is 0 Å². The predicted molar refractivity (Wildman–Crippen MR) is 125 cm³/mol. The number of rotatable bonds is 6. The van der Waals surface area contributed by atoms with E-state index in [-0.39, 0.29) is 5.91 Å². The van der Waals surface area contributed by atoms with E-state index < -0.39 is 0 Å². The van der Waals surface area contributed by atoms with Crippen molar-refractivity contribution in [2.24, 2.45) is 0 Å². The van der Waals surface area contributed by atoms with Crippen LogP contribution < -0.4 is 14.8 Å². The number of hydrogen-bond acceptors (Lipinski definition) is 5. The van der Waals surface area contributed by atoms with Crippen LogP contribution in [0.2, 0.25) is 5.02 Å². The summed E-state index contributed by atoms with van der Waals surface area (Å²) in [6, 6.07) is 20.2. The molecule has 1 heterocycles. The molecule has 156 valence electrons. The first-order valence-corrected chi connectivity index (χ1v) is 10.7. The Kier molecular flexibility index (Phi) is 6.21. The van der Waals surface area contributed by atoms with Gasteiger partial charge in [-0.15, -0.1) is 11.3 Å². The van der Waals surface area contributed by atoms with Gasteiger partial charge in [0.25, 0.3) is 5.91 Å². The van der Waals surface area contributed by atoms with Gasteiger partial charge < -0.3 is 14.8 Å². The molecule has 0 radical (unpaired) electrons. The topological polar surface area (TPSA) is 60.5 Å². The number of anilines is 1. The Morgan fingerprint density at radius 2 is 1.65 bits per heavy atom. The van der Waals surface area contributed by atoms with Crippen LogP contribution in [0.4, 0.5) is 5.69 Å². The number of nitrogens with zero attached hydrogens (tertiary/aromatic N) is 1. The first-order chi connectivity index (χ1) is 15.1. The SMILES string of the molecule is COc1cc(OC)cc(C(=O)Nc2cccc(-c3csc(-c4ccc(Cl)cc4)n3)c2)c1. The summed E-state index contributed by atoms with van der Waals surface area (Å²) >= 11 is 7.53. The Morgan fingerprint density at radius 3 is 2.32 bits per heavy atom. The second-order valence-electron chi connectivity index (χ2n) is 6.68. The van der Waals surface area contributed by atoms with E-state index in [1.807, 2.05) is 53.9 Å². The van der Waals surface area contributed by atoms with Crippen LogP contribution in [0.1, 0.15) is 10.4 Å². The Balaban J connectivity index is 1.55. The highest BCUT2D eigenvalue weighted by atomic mass is 35.5. The first kappa shape index (κ1) is 20.9. The van der Waals surface area contributed by atoms with E-state index in [0.29, 0.717) is 27.8 Å². The number of nitrogens with one attached hydrogen (secondary N) is 1. The maximum absolute atomic E-state index is 12.8. The molecule has 31 heavy (non-hydrogen) atoms. The van der Waals surface area contributed by atoms with Gasteiger partial charge >= 0.3 is 0 Å². The zero-order valence-electron chi connectivity index (χ0n) is 16.9. The van der Waals surface area contributed by atoms with Gasteiger partial charge in [0.05, 0.1) is 19.9 Å². The van der Waals surface area contributed by atoms with E-state index in [1.165, 1.54) is 0 Å². The molecule has 1 amide bonds. The number of hydrogen-bond donors (Lipinski definition) is 1. The zero-order valence-corrected chi connectivity index (χ0v) is 18.5. The molecule has 3 aromatic carbocycles. The average molecular weight is 451 g/mol. The molecule has 0 aliphatic carbocycles. The molecule has 5 nitrogen and oxygen atoms in total. The Morgan fingerprint density at radius 1 is 0.935 bits per heavy atom. The quantitative estimate of drug-likeness (QED) is 0.369. The number of ether oxygens (including phenoxy) is 2. The van der Waals surface area contributed by atoms with E-state index in [9.17, 15) is 4.79 Å². The molecule has 0 fully saturated rings. The van der Waals surface area contributed by atoms with Gasteiger partial charge in [0.2, 0.25) is 0 Å². The van der Waals surface area contributed by atoms with Crippen molar-refractivity contribution >= 4 is 34.5 Å². The standard InChI is InChI=1S/C24H19ClN2O3S/c1-29-20-11-17(12-21(13-20)30-2)23(28)26-19-5-3-4-16(10-19)22-14-31-24(27-22)15-6-8-18(25)9-7-15/h3-14H,1-2H3,(H,26,28). The zero-order chi connectivity index (χ0) is 21.8. The molecule has 0 aliphatic heterocycles. The van der Waals surface area contributed by atoms with Gasteiger partial charge in [0.1, 0.15) is 16.5 Å². The summed E-state index contributed by atoms with van der Waals surface area (Å²) in [4.78, 5) is 17.5. The molecule has 1 aromatic heterocycles. The monoisotopic (exact) mass is 450 g/mol. The summed E-state index contributed by atoms with van der Waals surface area (Å²) in [6.45, 7) is 0. The summed E-state index contributed by atoms with van der Waals surface area (Å²) in [5.74, 6) is 0.848. The predicted octanol–water partition coefficient (Wildman–Crippen LogP) is 6.40. The maximum Gasteiger partial charge on any atom is 0.255 e. The van der Waals surface area contributed by atoms with Gasteiger partial charge in [-0.05, 0) is 36.4 Å². The lowest BCUT2D eigenvalue weighted by Gasteiger charge is -2.10. The van der Waals surface area contributed by atoms with Crippen molar-refractivity contribution in [3.63, 3.8) is 0 Å². The molecule has 0 saturated heterocycles. The number of carbonyl (C=O) groups is 1. The van der Waals surface area contributed by atoms with Crippen molar-refractivity contribution in [2.45, 2.75) is 0 Å². The lowest BCUT2D eigenvalue weighted by molar-refractivity contribution is 0.102. The molecule has 4 aromatic rings. The summed E-state index contributed by atoms with van der Waals surface area (Å²) in [7, 11) is 3.10. The van der Waals surface area contributed by atoms with Crippen molar-refractivity contribution in [1.82, 2.24) is 4.98 Å². The smallest absolute Gasteiger partial charge is 0.255 e. The molecule has 1 N–H and O–H groups in total. The number of thiazole rings is 1. The van der Waals surface area contributed by atoms with Crippen LogP contribution in [0, 0.1) is 0 Å². The molecule has 4 rings (SSSR count). The van der Waals surface area contributed by atoms with Crippen LogP contribution in [0.5, 0.6) is 11.5 Å². The van der Waals surface area contributed by atoms with Gasteiger partial charge in [-0.3, -0.25) is 4.79 Å². The Hall–Kier alpha value is -3.35. The minimum Gasteiger partial charge on any atom is -0.497 e. The lowest BCUT2D eigenvalue weighted by Crippen LogP contribution is -2.12. The summed E-state index contributed by atoms with van der Waals surface area (Å²) < 4.78 is 10.5. The highest BCUT2D eigenvalue weighted by Gasteiger charge is 2.12.